The molecule has 2 aliphatic rings. The van der Waals surface area contributed by atoms with Crippen molar-refractivity contribution in [2.24, 2.45) is 0 Å². The molecule has 21 heavy (non-hydrogen) atoms. The summed E-state index contributed by atoms with van der Waals surface area (Å²) in [6.45, 7) is 6.86. The lowest BCUT2D eigenvalue weighted by molar-refractivity contribution is 0.141. The first-order chi connectivity index (χ1) is 10.3. The van der Waals surface area contributed by atoms with Crippen LogP contribution < -0.4 is 4.90 Å². The van der Waals surface area contributed by atoms with E-state index in [4.69, 9.17) is 0 Å². The lowest BCUT2D eigenvalue weighted by Crippen LogP contribution is -2.47. The third-order valence-corrected chi connectivity index (χ3v) is 4.88. The SMILES string of the molecule is Cc1cc(CO)cc(N2CCC(N3CCCCC3)CC2)n1. The monoisotopic (exact) mass is 289 g/mol. The molecule has 0 spiro atoms. The minimum atomic E-state index is 0.0978. The third kappa shape index (κ3) is 3.55. The molecule has 0 atom stereocenters. The molecule has 0 unspecified atom stereocenters. The zero-order chi connectivity index (χ0) is 14.7. The number of piperidine rings is 2. The van der Waals surface area contributed by atoms with E-state index in [1.807, 2.05) is 19.1 Å². The van der Waals surface area contributed by atoms with Crippen molar-refractivity contribution >= 4 is 5.82 Å². The van der Waals surface area contributed by atoms with Crippen molar-refractivity contribution in [1.29, 1.82) is 0 Å². The number of hydrogen-bond acceptors (Lipinski definition) is 4. The van der Waals surface area contributed by atoms with E-state index in [-0.39, 0.29) is 6.61 Å². The second kappa shape index (κ2) is 6.75. The summed E-state index contributed by atoms with van der Waals surface area (Å²) in [6.07, 6.45) is 6.64. The summed E-state index contributed by atoms with van der Waals surface area (Å²) in [7, 11) is 0. The average molecular weight is 289 g/mol. The van der Waals surface area contributed by atoms with Crippen molar-refractivity contribution in [3.63, 3.8) is 0 Å². The van der Waals surface area contributed by atoms with Gasteiger partial charge in [0.05, 0.1) is 6.61 Å². The maximum absolute atomic E-state index is 9.34. The molecule has 0 bridgehead atoms. The Morgan fingerprint density at radius 2 is 1.81 bits per heavy atom. The second-order valence-electron chi connectivity index (χ2n) is 6.45. The Hall–Kier alpha value is -1.13. The number of aliphatic hydroxyl groups is 1. The Kier molecular flexibility index (Phi) is 4.76. The molecule has 0 amide bonds. The van der Waals surface area contributed by atoms with Crippen LogP contribution in [-0.2, 0) is 6.61 Å². The maximum atomic E-state index is 9.34. The standard InChI is InChI=1S/C17H27N3O/c1-14-11-15(13-21)12-17(18-14)20-9-5-16(6-10-20)19-7-3-2-4-8-19/h11-12,16,21H,2-10,13H2,1H3. The number of pyridine rings is 1. The van der Waals surface area contributed by atoms with Crippen molar-refractivity contribution in [3.05, 3.63) is 23.4 Å². The van der Waals surface area contributed by atoms with Crippen LogP contribution in [0.4, 0.5) is 5.82 Å². The summed E-state index contributed by atoms with van der Waals surface area (Å²) in [5.41, 5.74) is 1.96. The number of likely N-dealkylation sites (tertiary alicyclic amines) is 1. The summed E-state index contributed by atoms with van der Waals surface area (Å²) >= 11 is 0. The molecular weight excluding hydrogens is 262 g/mol. The zero-order valence-electron chi connectivity index (χ0n) is 13.1. The van der Waals surface area contributed by atoms with Gasteiger partial charge in [0.25, 0.3) is 0 Å². The molecule has 2 saturated heterocycles. The molecule has 0 saturated carbocycles. The summed E-state index contributed by atoms with van der Waals surface area (Å²) in [6, 6.07) is 4.77. The van der Waals surface area contributed by atoms with Gasteiger partial charge in [-0.3, -0.25) is 0 Å². The maximum Gasteiger partial charge on any atom is 0.129 e. The molecule has 1 N–H and O–H groups in total. The number of nitrogens with zero attached hydrogens (tertiary/aromatic N) is 3. The smallest absolute Gasteiger partial charge is 0.129 e. The Balaban J connectivity index is 1.61. The highest BCUT2D eigenvalue weighted by Crippen LogP contribution is 2.24. The molecule has 1 aromatic heterocycles. The van der Waals surface area contributed by atoms with Gasteiger partial charge in [-0.25, -0.2) is 4.98 Å². The van der Waals surface area contributed by atoms with Crippen LogP contribution in [-0.4, -0.2) is 47.2 Å². The van der Waals surface area contributed by atoms with Crippen LogP contribution in [0.25, 0.3) is 0 Å². The normalized spacial score (nSPS) is 21.7. The van der Waals surface area contributed by atoms with Gasteiger partial charge in [0.2, 0.25) is 0 Å². The van der Waals surface area contributed by atoms with Gasteiger partial charge in [0.1, 0.15) is 5.82 Å². The molecule has 3 rings (SSSR count). The number of rotatable bonds is 3. The average Bonchev–Trinajstić information content (AvgIpc) is 2.55. The van der Waals surface area contributed by atoms with E-state index in [1.54, 1.807) is 0 Å². The van der Waals surface area contributed by atoms with Gasteiger partial charge in [-0.1, -0.05) is 6.42 Å². The Labute approximate surface area is 127 Å². The van der Waals surface area contributed by atoms with Crippen molar-refractivity contribution in [1.82, 2.24) is 9.88 Å². The molecule has 2 aliphatic heterocycles. The summed E-state index contributed by atoms with van der Waals surface area (Å²) < 4.78 is 0. The fourth-order valence-corrected chi connectivity index (χ4v) is 3.72. The van der Waals surface area contributed by atoms with Crippen LogP contribution in [0.3, 0.4) is 0 Å². The van der Waals surface area contributed by atoms with Crippen LogP contribution in [0.15, 0.2) is 12.1 Å². The van der Waals surface area contributed by atoms with Gasteiger partial charge in [0.15, 0.2) is 0 Å². The quantitative estimate of drug-likeness (QED) is 0.927. The molecule has 2 fully saturated rings. The summed E-state index contributed by atoms with van der Waals surface area (Å²) in [5, 5.41) is 9.34. The zero-order valence-corrected chi connectivity index (χ0v) is 13.1. The third-order valence-electron chi connectivity index (χ3n) is 4.88. The molecule has 0 aromatic carbocycles. The van der Waals surface area contributed by atoms with E-state index in [0.29, 0.717) is 0 Å². The van der Waals surface area contributed by atoms with Crippen molar-refractivity contribution in [3.8, 4) is 0 Å². The second-order valence-corrected chi connectivity index (χ2v) is 6.45. The lowest BCUT2D eigenvalue weighted by atomic mass is 10.00. The van der Waals surface area contributed by atoms with Crippen LogP contribution in [0.5, 0.6) is 0 Å². The van der Waals surface area contributed by atoms with E-state index >= 15 is 0 Å². The van der Waals surface area contributed by atoms with Crippen LogP contribution in [0.1, 0.15) is 43.4 Å². The van der Waals surface area contributed by atoms with E-state index in [9.17, 15) is 5.11 Å². The molecule has 0 radical (unpaired) electrons. The van der Waals surface area contributed by atoms with Gasteiger partial charge in [-0.15, -0.1) is 0 Å². The highest BCUT2D eigenvalue weighted by molar-refractivity contribution is 5.43. The van der Waals surface area contributed by atoms with Gasteiger partial charge in [0, 0.05) is 24.8 Å². The molecule has 116 valence electrons. The van der Waals surface area contributed by atoms with E-state index in [1.165, 1.54) is 45.2 Å². The number of aliphatic hydroxyl groups excluding tert-OH is 1. The van der Waals surface area contributed by atoms with Crippen LogP contribution in [0.2, 0.25) is 0 Å². The predicted molar refractivity (Wildman–Crippen MR) is 85.6 cm³/mol. The van der Waals surface area contributed by atoms with Crippen molar-refractivity contribution in [2.75, 3.05) is 31.1 Å². The lowest BCUT2D eigenvalue weighted by Gasteiger charge is -2.40. The van der Waals surface area contributed by atoms with Crippen molar-refractivity contribution in [2.45, 2.75) is 51.7 Å². The molecule has 1 aromatic rings. The van der Waals surface area contributed by atoms with Crippen LogP contribution in [0, 0.1) is 6.92 Å². The topological polar surface area (TPSA) is 39.6 Å². The Morgan fingerprint density at radius 3 is 2.48 bits per heavy atom. The largest absolute Gasteiger partial charge is 0.392 e. The van der Waals surface area contributed by atoms with Gasteiger partial charge in [-0.2, -0.15) is 0 Å². The van der Waals surface area contributed by atoms with E-state index in [0.717, 1.165) is 36.2 Å². The highest BCUT2D eigenvalue weighted by Gasteiger charge is 2.26. The van der Waals surface area contributed by atoms with E-state index in [2.05, 4.69) is 14.8 Å². The number of anilines is 1. The Bertz CT molecular complexity index is 463. The van der Waals surface area contributed by atoms with Gasteiger partial charge in [-0.05, 0) is 63.4 Å². The Morgan fingerprint density at radius 1 is 1.10 bits per heavy atom. The van der Waals surface area contributed by atoms with E-state index < -0.39 is 0 Å². The fourth-order valence-electron chi connectivity index (χ4n) is 3.72. The minimum absolute atomic E-state index is 0.0978. The first-order valence-electron chi connectivity index (χ1n) is 8.33. The highest BCUT2D eigenvalue weighted by atomic mass is 16.3. The first kappa shape index (κ1) is 14.8. The molecule has 3 heterocycles. The summed E-state index contributed by atoms with van der Waals surface area (Å²) in [4.78, 5) is 9.72. The first-order valence-corrected chi connectivity index (χ1v) is 8.33. The van der Waals surface area contributed by atoms with Crippen molar-refractivity contribution < 1.29 is 5.11 Å². The van der Waals surface area contributed by atoms with Gasteiger partial charge >= 0.3 is 0 Å². The van der Waals surface area contributed by atoms with Crippen LogP contribution >= 0.6 is 0 Å². The molecule has 4 heteroatoms. The molecule has 0 aliphatic carbocycles. The molecule has 4 nitrogen and oxygen atoms in total. The van der Waals surface area contributed by atoms with Gasteiger partial charge < -0.3 is 14.9 Å². The number of aryl methyl sites for hydroxylation is 1. The number of hydrogen-bond donors (Lipinski definition) is 1. The summed E-state index contributed by atoms with van der Waals surface area (Å²) in [5.74, 6) is 1.04. The predicted octanol–water partition coefficient (Wildman–Crippen LogP) is 2.34. The minimum Gasteiger partial charge on any atom is -0.392 e. The number of aromatic nitrogens is 1. The molecular formula is C17H27N3O. The fraction of sp³-hybridized carbons (Fsp3) is 0.706.